The summed E-state index contributed by atoms with van der Waals surface area (Å²) in [5, 5.41) is 4.87. The summed E-state index contributed by atoms with van der Waals surface area (Å²) in [6.45, 7) is 2.40. The number of fused-ring (bicyclic) bond motifs is 1. The molecule has 0 bridgehead atoms. The molecule has 0 saturated carbocycles. The molecular formula is C14H15NO2. The van der Waals surface area contributed by atoms with Gasteiger partial charge in [0.15, 0.2) is 0 Å². The van der Waals surface area contributed by atoms with Crippen LogP contribution in [0.2, 0.25) is 0 Å². The van der Waals surface area contributed by atoms with E-state index in [4.69, 9.17) is 4.74 Å². The van der Waals surface area contributed by atoms with Gasteiger partial charge in [-0.1, -0.05) is 43.3 Å². The number of hydrogen-bond acceptors (Lipinski definition) is 2. The normalized spacial score (nSPS) is 10.2. The summed E-state index contributed by atoms with van der Waals surface area (Å²) in [5.74, 6) is 0. The van der Waals surface area contributed by atoms with Gasteiger partial charge in [0.25, 0.3) is 0 Å². The SMILES string of the molecule is CCCOC(=O)Nc1cccc2ccccc12. The summed E-state index contributed by atoms with van der Waals surface area (Å²) >= 11 is 0. The molecule has 3 heteroatoms. The fourth-order valence-corrected chi connectivity index (χ4v) is 1.68. The highest BCUT2D eigenvalue weighted by atomic mass is 16.5. The molecule has 0 saturated heterocycles. The molecular weight excluding hydrogens is 214 g/mol. The lowest BCUT2D eigenvalue weighted by Crippen LogP contribution is -2.14. The predicted molar refractivity (Wildman–Crippen MR) is 69.2 cm³/mol. The molecule has 0 aliphatic rings. The Kier molecular flexibility index (Phi) is 3.60. The first-order valence-corrected chi connectivity index (χ1v) is 5.73. The van der Waals surface area contributed by atoms with Crippen LogP contribution < -0.4 is 5.32 Å². The molecule has 0 radical (unpaired) electrons. The Morgan fingerprint density at radius 3 is 2.76 bits per heavy atom. The van der Waals surface area contributed by atoms with Crippen molar-refractivity contribution in [3.05, 3.63) is 42.5 Å². The molecule has 2 aromatic carbocycles. The minimum atomic E-state index is -0.400. The summed E-state index contributed by atoms with van der Waals surface area (Å²) in [6, 6.07) is 13.7. The van der Waals surface area contributed by atoms with Crippen LogP contribution in [0.25, 0.3) is 10.8 Å². The molecule has 1 N–H and O–H groups in total. The van der Waals surface area contributed by atoms with Crippen LogP contribution in [0.3, 0.4) is 0 Å². The van der Waals surface area contributed by atoms with Crippen molar-refractivity contribution < 1.29 is 9.53 Å². The van der Waals surface area contributed by atoms with Gasteiger partial charge in [-0.05, 0) is 17.9 Å². The minimum absolute atomic E-state index is 0.400. The zero-order valence-electron chi connectivity index (χ0n) is 9.77. The first kappa shape index (κ1) is 11.5. The van der Waals surface area contributed by atoms with E-state index in [-0.39, 0.29) is 0 Å². The third-order valence-corrected chi connectivity index (χ3v) is 2.46. The van der Waals surface area contributed by atoms with Crippen molar-refractivity contribution in [2.75, 3.05) is 11.9 Å². The van der Waals surface area contributed by atoms with E-state index in [9.17, 15) is 4.79 Å². The lowest BCUT2D eigenvalue weighted by Gasteiger charge is -2.08. The monoisotopic (exact) mass is 229 g/mol. The van der Waals surface area contributed by atoms with Crippen molar-refractivity contribution in [2.45, 2.75) is 13.3 Å². The van der Waals surface area contributed by atoms with Crippen LogP contribution in [0.4, 0.5) is 10.5 Å². The van der Waals surface area contributed by atoms with Crippen LogP contribution in [0.5, 0.6) is 0 Å². The molecule has 0 aliphatic carbocycles. The number of anilines is 1. The van der Waals surface area contributed by atoms with Gasteiger partial charge in [-0.2, -0.15) is 0 Å². The number of benzene rings is 2. The van der Waals surface area contributed by atoms with Crippen LogP contribution in [0.15, 0.2) is 42.5 Å². The van der Waals surface area contributed by atoms with Crippen LogP contribution in [-0.2, 0) is 4.74 Å². The molecule has 0 aliphatic heterocycles. The maximum atomic E-state index is 11.5. The maximum absolute atomic E-state index is 11.5. The number of nitrogens with one attached hydrogen (secondary N) is 1. The van der Waals surface area contributed by atoms with Gasteiger partial charge in [-0.3, -0.25) is 5.32 Å². The second-order valence-electron chi connectivity index (χ2n) is 3.79. The summed E-state index contributed by atoms with van der Waals surface area (Å²) in [6.07, 6.45) is 0.423. The molecule has 2 aromatic rings. The van der Waals surface area contributed by atoms with Gasteiger partial charge in [-0.15, -0.1) is 0 Å². The maximum Gasteiger partial charge on any atom is 0.411 e. The summed E-state index contributed by atoms with van der Waals surface area (Å²) < 4.78 is 4.99. The number of amides is 1. The standard InChI is InChI=1S/C14H15NO2/c1-2-10-17-14(16)15-13-9-5-7-11-6-3-4-8-12(11)13/h3-9H,2,10H2,1H3,(H,15,16). The molecule has 0 aromatic heterocycles. The highest BCUT2D eigenvalue weighted by molar-refractivity contribution is 6.00. The Bertz CT molecular complexity index is 517. The number of rotatable bonds is 3. The Hall–Kier alpha value is -2.03. The second kappa shape index (κ2) is 5.34. The van der Waals surface area contributed by atoms with Crippen molar-refractivity contribution in [2.24, 2.45) is 0 Å². The van der Waals surface area contributed by atoms with Gasteiger partial charge in [0.05, 0.1) is 12.3 Å². The van der Waals surface area contributed by atoms with Gasteiger partial charge >= 0.3 is 6.09 Å². The van der Waals surface area contributed by atoms with E-state index < -0.39 is 6.09 Å². The Labute approximate surface area is 100 Å². The van der Waals surface area contributed by atoms with E-state index in [0.29, 0.717) is 6.61 Å². The third kappa shape index (κ3) is 2.75. The minimum Gasteiger partial charge on any atom is -0.449 e. The van der Waals surface area contributed by atoms with E-state index in [1.54, 1.807) is 0 Å². The van der Waals surface area contributed by atoms with Crippen LogP contribution >= 0.6 is 0 Å². The Balaban J connectivity index is 2.21. The third-order valence-electron chi connectivity index (χ3n) is 2.46. The Morgan fingerprint density at radius 1 is 1.18 bits per heavy atom. The van der Waals surface area contributed by atoms with Crippen LogP contribution in [-0.4, -0.2) is 12.7 Å². The fourth-order valence-electron chi connectivity index (χ4n) is 1.68. The van der Waals surface area contributed by atoms with Crippen molar-refractivity contribution in [1.82, 2.24) is 0 Å². The van der Waals surface area contributed by atoms with E-state index in [0.717, 1.165) is 22.9 Å². The van der Waals surface area contributed by atoms with E-state index >= 15 is 0 Å². The zero-order chi connectivity index (χ0) is 12.1. The summed E-state index contributed by atoms with van der Waals surface area (Å²) in [5.41, 5.74) is 0.782. The molecule has 0 heterocycles. The van der Waals surface area contributed by atoms with E-state index in [1.807, 2.05) is 49.4 Å². The fraction of sp³-hybridized carbons (Fsp3) is 0.214. The molecule has 0 atom stereocenters. The van der Waals surface area contributed by atoms with Gasteiger partial charge < -0.3 is 4.74 Å². The number of carbonyl (C=O) groups is 1. The molecule has 0 fully saturated rings. The van der Waals surface area contributed by atoms with Crippen LogP contribution in [0, 0.1) is 0 Å². The largest absolute Gasteiger partial charge is 0.449 e. The average Bonchev–Trinajstić information content (AvgIpc) is 2.37. The van der Waals surface area contributed by atoms with Gasteiger partial charge in [0.1, 0.15) is 0 Å². The van der Waals surface area contributed by atoms with Gasteiger partial charge in [0.2, 0.25) is 0 Å². The zero-order valence-corrected chi connectivity index (χ0v) is 9.77. The first-order chi connectivity index (χ1) is 8.31. The molecule has 17 heavy (non-hydrogen) atoms. The lowest BCUT2D eigenvalue weighted by atomic mass is 10.1. The second-order valence-corrected chi connectivity index (χ2v) is 3.79. The average molecular weight is 229 g/mol. The molecule has 88 valence electrons. The van der Waals surface area contributed by atoms with E-state index in [2.05, 4.69) is 5.32 Å². The molecule has 1 amide bonds. The number of carbonyl (C=O) groups excluding carboxylic acids is 1. The summed E-state index contributed by atoms with van der Waals surface area (Å²) in [7, 11) is 0. The highest BCUT2D eigenvalue weighted by Crippen LogP contribution is 2.22. The first-order valence-electron chi connectivity index (χ1n) is 5.73. The highest BCUT2D eigenvalue weighted by Gasteiger charge is 2.05. The lowest BCUT2D eigenvalue weighted by molar-refractivity contribution is 0.162. The molecule has 0 spiro atoms. The van der Waals surface area contributed by atoms with Crippen molar-refractivity contribution in [1.29, 1.82) is 0 Å². The van der Waals surface area contributed by atoms with Crippen molar-refractivity contribution >= 4 is 22.6 Å². The number of hydrogen-bond donors (Lipinski definition) is 1. The molecule has 3 nitrogen and oxygen atoms in total. The molecule has 2 rings (SSSR count). The Morgan fingerprint density at radius 2 is 1.94 bits per heavy atom. The predicted octanol–water partition coefficient (Wildman–Crippen LogP) is 3.80. The van der Waals surface area contributed by atoms with Crippen LogP contribution in [0.1, 0.15) is 13.3 Å². The topological polar surface area (TPSA) is 38.3 Å². The quantitative estimate of drug-likeness (QED) is 0.869. The van der Waals surface area contributed by atoms with E-state index in [1.165, 1.54) is 0 Å². The number of ether oxygens (including phenoxy) is 1. The van der Waals surface area contributed by atoms with Gasteiger partial charge in [-0.25, -0.2) is 4.79 Å². The molecule has 0 unspecified atom stereocenters. The van der Waals surface area contributed by atoms with Crippen molar-refractivity contribution in [3.8, 4) is 0 Å². The van der Waals surface area contributed by atoms with Gasteiger partial charge in [0, 0.05) is 5.39 Å². The summed E-state index contributed by atoms with van der Waals surface area (Å²) in [4.78, 5) is 11.5. The van der Waals surface area contributed by atoms with Crippen molar-refractivity contribution in [3.63, 3.8) is 0 Å². The smallest absolute Gasteiger partial charge is 0.411 e.